The summed E-state index contributed by atoms with van der Waals surface area (Å²) in [5, 5.41) is 3.17. The van der Waals surface area contributed by atoms with Crippen LogP contribution in [-0.2, 0) is 26.0 Å². The SMILES string of the molecule is CCO[C@@H]1Cc2ccc(OC(=O)OC(C)c3ccccc3)cc2C(CC)(CC)[C@H]1NC(=O)OC(C)c1ccccc1. The number of hydrogen-bond donors (Lipinski definition) is 1. The molecule has 1 aliphatic carbocycles. The number of hydrogen-bond acceptors (Lipinski definition) is 6. The Morgan fingerprint density at radius 2 is 1.44 bits per heavy atom. The van der Waals surface area contributed by atoms with Crippen LogP contribution in [0, 0.1) is 0 Å². The van der Waals surface area contributed by atoms with Crippen molar-refractivity contribution < 1.29 is 28.5 Å². The van der Waals surface area contributed by atoms with E-state index in [1.165, 1.54) is 0 Å². The smallest absolute Gasteiger partial charge is 0.442 e. The number of carbonyl (C=O) groups excluding carboxylic acids is 2. The Balaban J connectivity index is 1.56. The average Bonchev–Trinajstić information content (AvgIpc) is 2.98. The summed E-state index contributed by atoms with van der Waals surface area (Å²) in [7, 11) is 0. The van der Waals surface area contributed by atoms with E-state index < -0.39 is 29.9 Å². The number of carbonyl (C=O) groups is 2. The van der Waals surface area contributed by atoms with Gasteiger partial charge in [0.05, 0.1) is 12.1 Å². The Kier molecular flexibility index (Phi) is 10.1. The van der Waals surface area contributed by atoms with Crippen LogP contribution in [0.5, 0.6) is 5.75 Å². The lowest BCUT2D eigenvalue weighted by atomic mass is 9.62. The van der Waals surface area contributed by atoms with Crippen LogP contribution in [0.3, 0.4) is 0 Å². The molecule has 0 saturated carbocycles. The maximum Gasteiger partial charge on any atom is 0.514 e. The lowest BCUT2D eigenvalue weighted by Crippen LogP contribution is -2.60. The van der Waals surface area contributed by atoms with Crippen LogP contribution in [0.25, 0.3) is 0 Å². The first-order chi connectivity index (χ1) is 19.8. The zero-order valence-electron chi connectivity index (χ0n) is 24.6. The minimum Gasteiger partial charge on any atom is -0.442 e. The third-order valence-corrected chi connectivity index (χ3v) is 8.22. The molecule has 4 rings (SSSR count). The second-order valence-electron chi connectivity index (χ2n) is 10.5. The molecule has 1 N–H and O–H groups in total. The van der Waals surface area contributed by atoms with Crippen molar-refractivity contribution >= 4 is 12.2 Å². The van der Waals surface area contributed by atoms with Gasteiger partial charge in [-0.2, -0.15) is 0 Å². The summed E-state index contributed by atoms with van der Waals surface area (Å²) in [5.74, 6) is 0.397. The molecule has 218 valence electrons. The second kappa shape index (κ2) is 13.7. The fourth-order valence-corrected chi connectivity index (χ4v) is 5.96. The van der Waals surface area contributed by atoms with Crippen molar-refractivity contribution in [1.29, 1.82) is 0 Å². The average molecular weight is 560 g/mol. The van der Waals surface area contributed by atoms with Crippen molar-refractivity contribution in [3.05, 3.63) is 101 Å². The molecule has 0 aromatic heterocycles. The fourth-order valence-electron chi connectivity index (χ4n) is 5.96. The van der Waals surface area contributed by atoms with E-state index in [9.17, 15) is 9.59 Å². The van der Waals surface area contributed by atoms with Gasteiger partial charge in [-0.15, -0.1) is 0 Å². The van der Waals surface area contributed by atoms with Gasteiger partial charge >= 0.3 is 12.2 Å². The van der Waals surface area contributed by atoms with Gasteiger partial charge in [0.15, 0.2) is 0 Å². The van der Waals surface area contributed by atoms with Gasteiger partial charge in [0.1, 0.15) is 18.0 Å². The van der Waals surface area contributed by atoms with Crippen molar-refractivity contribution in [3.8, 4) is 5.75 Å². The molecule has 7 nitrogen and oxygen atoms in total. The first kappa shape index (κ1) is 30.1. The van der Waals surface area contributed by atoms with Gasteiger partial charge in [-0.1, -0.05) is 80.6 Å². The van der Waals surface area contributed by atoms with E-state index in [0.29, 0.717) is 18.8 Å². The summed E-state index contributed by atoms with van der Waals surface area (Å²) < 4.78 is 23.2. The van der Waals surface area contributed by atoms with Gasteiger partial charge < -0.3 is 24.3 Å². The van der Waals surface area contributed by atoms with Gasteiger partial charge in [0.25, 0.3) is 0 Å². The lowest BCUT2D eigenvalue weighted by molar-refractivity contribution is -0.00398. The third-order valence-electron chi connectivity index (χ3n) is 8.22. The molecular formula is C34H41NO6. The number of nitrogens with one attached hydrogen (secondary N) is 1. The first-order valence-electron chi connectivity index (χ1n) is 14.5. The number of amides is 1. The van der Waals surface area contributed by atoms with E-state index in [1.54, 1.807) is 6.07 Å². The van der Waals surface area contributed by atoms with Crippen LogP contribution in [0.4, 0.5) is 9.59 Å². The Morgan fingerprint density at radius 1 is 0.854 bits per heavy atom. The predicted octanol–water partition coefficient (Wildman–Crippen LogP) is 7.84. The molecule has 0 spiro atoms. The standard InChI is InChI=1S/C34H41NO6/c1-6-34(7-2)29-22-28(41-33(37)40-24(5)26-17-13-10-14-18-26)20-19-27(29)21-30(38-8-3)31(34)35-32(36)39-23(4)25-15-11-9-12-16-25/h9-20,22-24,30-31H,6-8,21H2,1-5H3,(H,35,36)/t23?,24?,30-,31+/m1/s1. The van der Waals surface area contributed by atoms with Gasteiger partial charge in [0.2, 0.25) is 0 Å². The summed E-state index contributed by atoms with van der Waals surface area (Å²) in [5.41, 5.74) is 3.47. The highest BCUT2D eigenvalue weighted by Gasteiger charge is 2.48. The summed E-state index contributed by atoms with van der Waals surface area (Å²) in [6.45, 7) is 10.4. The number of alkyl carbamates (subject to hydrolysis) is 1. The number of benzene rings is 3. The molecule has 41 heavy (non-hydrogen) atoms. The number of ether oxygens (including phenoxy) is 4. The minimum absolute atomic E-state index is 0.240. The van der Waals surface area contributed by atoms with Crippen molar-refractivity contribution in [2.45, 2.75) is 83.6 Å². The zero-order chi connectivity index (χ0) is 29.4. The molecule has 4 atom stereocenters. The van der Waals surface area contributed by atoms with E-state index in [2.05, 4.69) is 19.2 Å². The molecule has 0 fully saturated rings. The van der Waals surface area contributed by atoms with Crippen molar-refractivity contribution in [3.63, 3.8) is 0 Å². The summed E-state index contributed by atoms with van der Waals surface area (Å²) in [4.78, 5) is 25.9. The molecule has 7 heteroatoms. The van der Waals surface area contributed by atoms with E-state index >= 15 is 0 Å². The summed E-state index contributed by atoms with van der Waals surface area (Å²) in [6, 6.07) is 24.5. The van der Waals surface area contributed by atoms with Crippen molar-refractivity contribution in [2.75, 3.05) is 6.61 Å². The summed E-state index contributed by atoms with van der Waals surface area (Å²) in [6.07, 6.45) is -0.268. The van der Waals surface area contributed by atoms with Crippen molar-refractivity contribution in [1.82, 2.24) is 5.32 Å². The zero-order valence-corrected chi connectivity index (χ0v) is 24.6. The predicted molar refractivity (Wildman–Crippen MR) is 158 cm³/mol. The maximum atomic E-state index is 13.2. The van der Waals surface area contributed by atoms with Gasteiger partial charge in [-0.05, 0) is 68.0 Å². The lowest BCUT2D eigenvalue weighted by Gasteiger charge is -2.48. The Hall–Kier alpha value is -3.84. The molecular weight excluding hydrogens is 518 g/mol. The highest BCUT2D eigenvalue weighted by molar-refractivity contribution is 5.69. The quantitative estimate of drug-likeness (QED) is 0.201. The monoisotopic (exact) mass is 559 g/mol. The maximum absolute atomic E-state index is 13.2. The number of rotatable bonds is 10. The number of fused-ring (bicyclic) bond motifs is 1. The van der Waals surface area contributed by atoms with E-state index in [4.69, 9.17) is 18.9 Å². The van der Waals surface area contributed by atoms with Crippen LogP contribution < -0.4 is 10.1 Å². The molecule has 0 heterocycles. The van der Waals surface area contributed by atoms with Crippen LogP contribution in [-0.4, -0.2) is 31.0 Å². The minimum atomic E-state index is -0.768. The molecule has 0 aliphatic heterocycles. The second-order valence-corrected chi connectivity index (χ2v) is 10.5. The Bertz CT molecular complexity index is 1290. The fraction of sp³-hybridized carbons (Fsp3) is 0.412. The van der Waals surface area contributed by atoms with Crippen LogP contribution in [0.1, 0.15) is 81.9 Å². The van der Waals surface area contributed by atoms with Gasteiger partial charge in [0, 0.05) is 18.4 Å². The molecule has 2 unspecified atom stereocenters. The largest absolute Gasteiger partial charge is 0.514 e. The highest BCUT2D eigenvalue weighted by Crippen LogP contribution is 2.45. The van der Waals surface area contributed by atoms with Gasteiger partial charge in [-0.25, -0.2) is 9.59 Å². The normalized spacial score (nSPS) is 18.9. The molecule has 1 amide bonds. The topological polar surface area (TPSA) is 83.1 Å². The Morgan fingerprint density at radius 3 is 2.00 bits per heavy atom. The molecule has 3 aromatic carbocycles. The molecule has 0 bridgehead atoms. The van der Waals surface area contributed by atoms with Crippen LogP contribution >= 0.6 is 0 Å². The molecule has 1 aliphatic rings. The summed E-state index contributed by atoms with van der Waals surface area (Å²) >= 11 is 0. The van der Waals surface area contributed by atoms with Crippen molar-refractivity contribution in [2.24, 2.45) is 0 Å². The van der Waals surface area contributed by atoms with Crippen LogP contribution in [0.15, 0.2) is 78.9 Å². The highest BCUT2D eigenvalue weighted by atomic mass is 16.7. The third kappa shape index (κ3) is 6.91. The van der Waals surface area contributed by atoms with E-state index in [0.717, 1.165) is 35.1 Å². The molecule has 0 radical (unpaired) electrons. The first-order valence-corrected chi connectivity index (χ1v) is 14.5. The molecule has 3 aromatic rings. The Labute approximate surface area is 243 Å². The van der Waals surface area contributed by atoms with E-state index in [1.807, 2.05) is 93.6 Å². The molecule has 0 saturated heterocycles. The van der Waals surface area contributed by atoms with Gasteiger partial charge in [-0.3, -0.25) is 0 Å². The van der Waals surface area contributed by atoms with Crippen LogP contribution in [0.2, 0.25) is 0 Å². The van der Waals surface area contributed by atoms with E-state index in [-0.39, 0.29) is 12.1 Å².